The van der Waals surface area contributed by atoms with Crippen molar-refractivity contribution in [1.82, 2.24) is 0 Å². The second-order valence-electron chi connectivity index (χ2n) is 6.01. The number of aliphatic carboxylic acids is 1. The number of ether oxygens (including phenoxy) is 2. The van der Waals surface area contributed by atoms with Gasteiger partial charge in [0.15, 0.2) is 0 Å². The van der Waals surface area contributed by atoms with Gasteiger partial charge in [-0.1, -0.05) is 28.1 Å². The third-order valence-corrected chi connectivity index (χ3v) is 4.55. The van der Waals surface area contributed by atoms with Gasteiger partial charge in [-0.05, 0) is 42.2 Å². The molecule has 3 N–H and O–H groups in total. The maximum Gasteiger partial charge on any atom is 0.300 e. The molecule has 160 valence electrons. The van der Waals surface area contributed by atoms with Crippen molar-refractivity contribution in [2.45, 2.75) is 19.8 Å². The molecule has 0 radical (unpaired) electrons. The van der Waals surface area contributed by atoms with Crippen LogP contribution in [0.5, 0.6) is 11.5 Å². The van der Waals surface area contributed by atoms with Crippen LogP contribution in [0.1, 0.15) is 18.1 Å². The minimum atomic E-state index is -0.833. The predicted octanol–water partition coefficient (Wildman–Crippen LogP) is 5.87. The molecule has 2 aromatic rings. The van der Waals surface area contributed by atoms with Crippen molar-refractivity contribution in [3.05, 3.63) is 45.9 Å². The van der Waals surface area contributed by atoms with E-state index < -0.39 is 5.97 Å². The highest BCUT2D eigenvalue weighted by Crippen LogP contribution is 2.35. The number of benzene rings is 2. The van der Waals surface area contributed by atoms with E-state index in [0.29, 0.717) is 0 Å². The molecule has 6 nitrogen and oxygen atoms in total. The molecule has 0 spiro atoms. The first kappa shape index (κ1) is 25.6. The molecule has 2 aromatic carbocycles. The summed E-state index contributed by atoms with van der Waals surface area (Å²) in [6, 6.07) is 10.3. The van der Waals surface area contributed by atoms with E-state index in [1.54, 1.807) is 14.2 Å². The Kier molecular flexibility index (Phi) is 12.1. The Balaban J connectivity index is 0.000000230. The predicted molar refractivity (Wildman–Crippen MR) is 129 cm³/mol. The molecule has 0 aliphatic carbocycles. The molecule has 2 aliphatic rings. The highest BCUT2D eigenvalue weighted by molar-refractivity contribution is 9.93. The number of fused-ring (bicyclic) bond motifs is 2. The Labute approximate surface area is 195 Å². The van der Waals surface area contributed by atoms with Gasteiger partial charge >= 0.3 is 0 Å². The van der Waals surface area contributed by atoms with E-state index in [9.17, 15) is 0 Å². The Morgan fingerprint density at radius 2 is 1.48 bits per heavy atom. The number of halogens is 3. The number of rotatable bonds is 2. The highest BCUT2D eigenvalue weighted by atomic mass is 80.9. The Bertz CT molecular complexity index is 800. The van der Waals surface area contributed by atoms with E-state index in [1.165, 1.54) is 16.8 Å². The summed E-state index contributed by atoms with van der Waals surface area (Å²) >= 11 is 8.95. The average Bonchev–Trinajstić information content (AvgIpc) is 3.37. The first-order valence-corrected chi connectivity index (χ1v) is 13.3. The molecule has 29 heavy (non-hydrogen) atoms. The summed E-state index contributed by atoms with van der Waals surface area (Å²) < 4.78 is 11.5. The zero-order valence-electron chi connectivity index (χ0n) is 16.5. The number of anilines is 2. The van der Waals surface area contributed by atoms with E-state index in [-0.39, 0.29) is 0 Å². The van der Waals surface area contributed by atoms with Crippen LogP contribution in [-0.4, -0.2) is 38.4 Å². The second kappa shape index (κ2) is 13.7. The number of carboxylic acid groups (broad SMARTS) is 1. The summed E-state index contributed by atoms with van der Waals surface area (Å²) in [5, 5.41) is 14.0. The number of hydrogen-bond acceptors (Lipinski definition) is 5. The minimum absolute atomic E-state index is 0.833. The van der Waals surface area contributed by atoms with Gasteiger partial charge in [0, 0.05) is 52.7 Å². The van der Waals surface area contributed by atoms with Crippen molar-refractivity contribution in [3.8, 4) is 11.5 Å². The average molecular weight is 597 g/mol. The molecular weight excluding hydrogens is 572 g/mol. The Hall–Kier alpha value is -1.45. The SMILES string of the molecule is BrBr.CC(=O)O.COc1cc(Br)cc2c1NCC2.COc1cccc2c1NCC2. The normalized spacial score (nSPS) is 12.1. The van der Waals surface area contributed by atoms with Crippen LogP contribution in [0.3, 0.4) is 0 Å². The van der Waals surface area contributed by atoms with Crippen LogP contribution in [0.4, 0.5) is 11.4 Å². The highest BCUT2D eigenvalue weighted by Gasteiger charge is 2.15. The fraction of sp³-hybridized carbons (Fsp3) is 0.350. The van der Waals surface area contributed by atoms with E-state index in [1.807, 2.05) is 18.2 Å². The van der Waals surface area contributed by atoms with Crippen molar-refractivity contribution in [3.63, 3.8) is 0 Å². The maximum absolute atomic E-state index is 9.00. The number of methoxy groups -OCH3 is 2. The van der Waals surface area contributed by atoms with Crippen LogP contribution in [0.15, 0.2) is 34.8 Å². The second-order valence-corrected chi connectivity index (χ2v) is 6.92. The summed E-state index contributed by atoms with van der Waals surface area (Å²) in [6.45, 7) is 3.14. The number of carboxylic acids is 1. The first-order valence-electron chi connectivity index (χ1n) is 8.80. The summed E-state index contributed by atoms with van der Waals surface area (Å²) in [4.78, 5) is 9.00. The molecule has 0 unspecified atom stereocenters. The van der Waals surface area contributed by atoms with Gasteiger partial charge < -0.3 is 25.2 Å². The Morgan fingerprint density at radius 1 is 0.966 bits per heavy atom. The summed E-state index contributed by atoms with van der Waals surface area (Å²) in [5.74, 6) is 1.05. The third kappa shape index (κ3) is 8.06. The standard InChI is InChI=1S/C9H10BrNO.C9H11NO.C2H4O2.Br2/c1-12-8-5-7(10)4-6-2-3-11-9(6)8;1-11-8-4-2-3-7-5-6-10-9(7)8;1-2(3)4;1-2/h4-5,11H,2-3H2,1H3;2-4,10H,5-6H2,1H3;1H3,(H,3,4);. The number of para-hydroxylation sites is 1. The smallest absolute Gasteiger partial charge is 0.300 e. The van der Waals surface area contributed by atoms with Gasteiger partial charge in [0.05, 0.1) is 25.6 Å². The van der Waals surface area contributed by atoms with Gasteiger partial charge in [-0.3, -0.25) is 4.79 Å². The number of carbonyl (C=O) groups is 1. The molecule has 2 aliphatic heterocycles. The van der Waals surface area contributed by atoms with E-state index in [2.05, 4.69) is 67.0 Å². The topological polar surface area (TPSA) is 79.8 Å². The molecule has 9 heteroatoms. The molecule has 0 fully saturated rings. The zero-order chi connectivity index (χ0) is 21.8. The molecule has 0 saturated heterocycles. The van der Waals surface area contributed by atoms with Crippen molar-refractivity contribution in [2.24, 2.45) is 0 Å². The van der Waals surface area contributed by atoms with Crippen LogP contribution < -0.4 is 20.1 Å². The lowest BCUT2D eigenvalue weighted by atomic mass is 10.1. The van der Waals surface area contributed by atoms with Crippen LogP contribution in [-0.2, 0) is 17.6 Å². The third-order valence-electron chi connectivity index (χ3n) is 4.09. The summed E-state index contributed by atoms with van der Waals surface area (Å²) in [6.07, 6.45) is 2.21. The summed E-state index contributed by atoms with van der Waals surface area (Å²) in [5.41, 5.74) is 5.03. The lowest BCUT2D eigenvalue weighted by molar-refractivity contribution is -0.134. The van der Waals surface area contributed by atoms with E-state index in [0.717, 1.165) is 54.5 Å². The number of nitrogens with one attached hydrogen (secondary N) is 2. The van der Waals surface area contributed by atoms with Crippen LogP contribution in [0.2, 0.25) is 0 Å². The fourth-order valence-corrected chi connectivity index (χ4v) is 3.48. The summed E-state index contributed by atoms with van der Waals surface area (Å²) in [7, 11) is 3.40. The molecule has 0 aromatic heterocycles. The molecular formula is C20H25Br3N2O4. The van der Waals surface area contributed by atoms with Crippen LogP contribution in [0.25, 0.3) is 0 Å². The van der Waals surface area contributed by atoms with Crippen molar-refractivity contribution >= 4 is 61.5 Å². The van der Waals surface area contributed by atoms with Crippen LogP contribution in [0, 0.1) is 0 Å². The molecule has 0 saturated carbocycles. The van der Waals surface area contributed by atoms with E-state index >= 15 is 0 Å². The van der Waals surface area contributed by atoms with Gasteiger partial charge in [0.1, 0.15) is 11.5 Å². The maximum atomic E-state index is 9.00. The van der Waals surface area contributed by atoms with Crippen molar-refractivity contribution < 1.29 is 19.4 Å². The molecule has 0 bridgehead atoms. The number of hydrogen-bond donors (Lipinski definition) is 3. The lowest BCUT2D eigenvalue weighted by Crippen LogP contribution is -1.94. The van der Waals surface area contributed by atoms with Gasteiger partial charge in [-0.15, -0.1) is 0 Å². The molecule has 2 heterocycles. The van der Waals surface area contributed by atoms with E-state index in [4.69, 9.17) is 19.4 Å². The Morgan fingerprint density at radius 3 is 2.03 bits per heavy atom. The molecule has 0 atom stereocenters. The van der Waals surface area contributed by atoms with Gasteiger partial charge in [0.2, 0.25) is 0 Å². The molecule has 0 amide bonds. The van der Waals surface area contributed by atoms with Crippen LogP contribution >= 0.6 is 44.2 Å². The monoisotopic (exact) mass is 594 g/mol. The molecule has 4 rings (SSSR count). The lowest BCUT2D eigenvalue weighted by Gasteiger charge is -2.07. The minimum Gasteiger partial charge on any atom is -0.495 e. The van der Waals surface area contributed by atoms with Gasteiger partial charge in [-0.2, -0.15) is 0 Å². The quantitative estimate of drug-likeness (QED) is 0.402. The first-order chi connectivity index (χ1) is 14.0. The largest absolute Gasteiger partial charge is 0.495 e. The fourth-order valence-electron chi connectivity index (χ4n) is 2.99. The van der Waals surface area contributed by atoms with Gasteiger partial charge in [-0.25, -0.2) is 0 Å². The van der Waals surface area contributed by atoms with Crippen molar-refractivity contribution in [2.75, 3.05) is 37.9 Å². The van der Waals surface area contributed by atoms with Gasteiger partial charge in [0.25, 0.3) is 5.97 Å². The zero-order valence-corrected chi connectivity index (χ0v) is 21.3. The van der Waals surface area contributed by atoms with Crippen molar-refractivity contribution in [1.29, 1.82) is 0 Å².